The van der Waals surface area contributed by atoms with E-state index in [1.54, 1.807) is 6.08 Å². The molecule has 0 aliphatic rings. The van der Waals surface area contributed by atoms with Crippen LogP contribution in [0.15, 0.2) is 60.7 Å². The predicted octanol–water partition coefficient (Wildman–Crippen LogP) is 3.69. The number of ether oxygens (including phenoxy) is 1. The van der Waals surface area contributed by atoms with Gasteiger partial charge in [0.15, 0.2) is 6.61 Å². The first-order valence-corrected chi connectivity index (χ1v) is 8.78. The second-order valence-corrected chi connectivity index (χ2v) is 6.34. The highest BCUT2D eigenvalue weighted by atomic mass is 16.5. The summed E-state index contributed by atoms with van der Waals surface area (Å²) in [6.45, 7) is 3.67. The van der Waals surface area contributed by atoms with Crippen molar-refractivity contribution in [2.45, 2.75) is 32.7 Å². The summed E-state index contributed by atoms with van der Waals surface area (Å²) in [7, 11) is 0. The molecule has 0 spiro atoms. The number of benzene rings is 2. The molecule has 0 radical (unpaired) electrons. The van der Waals surface area contributed by atoms with Gasteiger partial charge in [0, 0.05) is 12.1 Å². The molecule has 0 bridgehead atoms. The Balaban J connectivity index is 1.67. The highest BCUT2D eigenvalue weighted by Gasteiger charge is 2.09. The number of carbonyl (C=O) groups excluding carboxylic acids is 2. The molecule has 2 aromatic rings. The molecule has 136 valence electrons. The molecule has 2 aromatic carbocycles. The van der Waals surface area contributed by atoms with Crippen LogP contribution in [0.3, 0.4) is 0 Å². The van der Waals surface area contributed by atoms with Gasteiger partial charge in [0.1, 0.15) is 0 Å². The average molecular weight is 351 g/mol. The molecule has 1 amide bonds. The summed E-state index contributed by atoms with van der Waals surface area (Å²) in [4.78, 5) is 23.6. The number of rotatable bonds is 8. The summed E-state index contributed by atoms with van der Waals surface area (Å²) in [6, 6.07) is 17.9. The Morgan fingerprint density at radius 3 is 2.46 bits per heavy atom. The third kappa shape index (κ3) is 7.34. The minimum atomic E-state index is -0.530. The van der Waals surface area contributed by atoms with E-state index in [1.165, 1.54) is 11.6 Å². The molecule has 0 aliphatic carbocycles. The lowest BCUT2D eigenvalue weighted by Crippen LogP contribution is -2.36. The van der Waals surface area contributed by atoms with E-state index in [0.717, 1.165) is 24.0 Å². The Bertz CT molecular complexity index is 736. The van der Waals surface area contributed by atoms with E-state index in [1.807, 2.05) is 56.3 Å². The molecule has 0 heterocycles. The summed E-state index contributed by atoms with van der Waals surface area (Å²) >= 11 is 0. The Morgan fingerprint density at radius 2 is 1.77 bits per heavy atom. The van der Waals surface area contributed by atoms with Crippen molar-refractivity contribution < 1.29 is 14.3 Å². The zero-order chi connectivity index (χ0) is 18.8. The van der Waals surface area contributed by atoms with E-state index in [-0.39, 0.29) is 18.6 Å². The third-order valence-electron chi connectivity index (χ3n) is 3.95. The number of hydrogen-bond donors (Lipinski definition) is 1. The van der Waals surface area contributed by atoms with Crippen LogP contribution in [0.1, 0.15) is 30.0 Å². The lowest BCUT2D eigenvalue weighted by atomic mass is 10.1. The fourth-order valence-corrected chi connectivity index (χ4v) is 2.44. The smallest absolute Gasteiger partial charge is 0.331 e. The maximum Gasteiger partial charge on any atom is 0.331 e. The van der Waals surface area contributed by atoms with Gasteiger partial charge >= 0.3 is 5.97 Å². The maximum atomic E-state index is 11.9. The number of aryl methyl sites for hydroxylation is 2. The van der Waals surface area contributed by atoms with Crippen molar-refractivity contribution in [2.24, 2.45) is 0 Å². The predicted molar refractivity (Wildman–Crippen MR) is 104 cm³/mol. The van der Waals surface area contributed by atoms with E-state index in [9.17, 15) is 9.59 Å². The minimum absolute atomic E-state index is 0.0181. The topological polar surface area (TPSA) is 55.4 Å². The van der Waals surface area contributed by atoms with Gasteiger partial charge in [0.2, 0.25) is 0 Å². The van der Waals surface area contributed by atoms with Gasteiger partial charge in [0.25, 0.3) is 5.91 Å². The van der Waals surface area contributed by atoms with Gasteiger partial charge in [-0.05, 0) is 43.9 Å². The number of esters is 1. The molecule has 2 rings (SSSR count). The monoisotopic (exact) mass is 351 g/mol. The largest absolute Gasteiger partial charge is 0.452 e. The summed E-state index contributed by atoms with van der Waals surface area (Å²) in [5, 5.41) is 2.85. The summed E-state index contributed by atoms with van der Waals surface area (Å²) in [5.74, 6) is -0.819. The van der Waals surface area contributed by atoms with Crippen LogP contribution in [0.25, 0.3) is 6.08 Å². The van der Waals surface area contributed by atoms with Gasteiger partial charge < -0.3 is 10.1 Å². The molecule has 1 N–H and O–H groups in total. The van der Waals surface area contributed by atoms with Crippen molar-refractivity contribution in [3.63, 3.8) is 0 Å². The second-order valence-electron chi connectivity index (χ2n) is 6.34. The lowest BCUT2D eigenvalue weighted by Gasteiger charge is -2.13. The fourth-order valence-electron chi connectivity index (χ4n) is 2.44. The Morgan fingerprint density at radius 1 is 1.08 bits per heavy atom. The molecule has 0 fully saturated rings. The second kappa shape index (κ2) is 10.2. The molecule has 4 nitrogen and oxygen atoms in total. The number of carbonyl (C=O) groups is 2. The fraction of sp³-hybridized carbons (Fsp3) is 0.273. The van der Waals surface area contributed by atoms with E-state index < -0.39 is 5.97 Å². The molecular formula is C22H25NO3. The van der Waals surface area contributed by atoms with Crippen molar-refractivity contribution in [1.29, 1.82) is 0 Å². The van der Waals surface area contributed by atoms with Crippen LogP contribution in [0, 0.1) is 6.92 Å². The van der Waals surface area contributed by atoms with E-state index in [0.29, 0.717) is 0 Å². The van der Waals surface area contributed by atoms with Gasteiger partial charge in [-0.3, -0.25) is 4.79 Å². The van der Waals surface area contributed by atoms with E-state index in [2.05, 4.69) is 17.4 Å². The Hall–Kier alpha value is -2.88. The molecule has 4 heteroatoms. The van der Waals surface area contributed by atoms with Crippen LogP contribution in [0.4, 0.5) is 0 Å². The van der Waals surface area contributed by atoms with Crippen LogP contribution in [0.5, 0.6) is 0 Å². The zero-order valence-electron chi connectivity index (χ0n) is 15.3. The van der Waals surface area contributed by atoms with Crippen molar-refractivity contribution >= 4 is 18.0 Å². The molecule has 1 unspecified atom stereocenters. The summed E-state index contributed by atoms with van der Waals surface area (Å²) < 4.78 is 4.98. The molecule has 0 aromatic heterocycles. The van der Waals surface area contributed by atoms with Crippen molar-refractivity contribution in [3.05, 3.63) is 77.4 Å². The highest BCUT2D eigenvalue weighted by molar-refractivity contribution is 5.89. The van der Waals surface area contributed by atoms with Gasteiger partial charge in [0.05, 0.1) is 0 Å². The molecular weight excluding hydrogens is 326 g/mol. The van der Waals surface area contributed by atoms with Crippen molar-refractivity contribution in [2.75, 3.05) is 6.61 Å². The van der Waals surface area contributed by atoms with Crippen LogP contribution >= 0.6 is 0 Å². The molecule has 1 atom stereocenters. The molecule has 0 saturated heterocycles. The lowest BCUT2D eigenvalue weighted by molar-refractivity contribution is -0.144. The van der Waals surface area contributed by atoms with Crippen LogP contribution in [0.2, 0.25) is 0 Å². The third-order valence-corrected chi connectivity index (χ3v) is 3.95. The van der Waals surface area contributed by atoms with Gasteiger partial charge in [-0.1, -0.05) is 60.2 Å². The van der Waals surface area contributed by atoms with E-state index >= 15 is 0 Å². The van der Waals surface area contributed by atoms with Crippen LogP contribution in [-0.2, 0) is 20.7 Å². The van der Waals surface area contributed by atoms with Gasteiger partial charge in [-0.25, -0.2) is 4.79 Å². The quantitative estimate of drug-likeness (QED) is 0.583. The normalized spacial score (nSPS) is 11.9. The van der Waals surface area contributed by atoms with Gasteiger partial charge in [-0.2, -0.15) is 0 Å². The van der Waals surface area contributed by atoms with Crippen LogP contribution < -0.4 is 5.32 Å². The van der Waals surface area contributed by atoms with Crippen molar-refractivity contribution in [1.82, 2.24) is 5.32 Å². The Kier molecular flexibility index (Phi) is 7.62. The first kappa shape index (κ1) is 19.4. The average Bonchev–Trinajstić information content (AvgIpc) is 2.65. The Labute approximate surface area is 154 Å². The van der Waals surface area contributed by atoms with Gasteiger partial charge in [-0.15, -0.1) is 0 Å². The number of hydrogen-bond acceptors (Lipinski definition) is 3. The molecule has 0 aliphatic heterocycles. The first-order valence-electron chi connectivity index (χ1n) is 8.78. The minimum Gasteiger partial charge on any atom is -0.452 e. The number of nitrogens with one attached hydrogen (secondary N) is 1. The van der Waals surface area contributed by atoms with Crippen LogP contribution in [-0.4, -0.2) is 24.5 Å². The summed E-state index contributed by atoms with van der Waals surface area (Å²) in [5.41, 5.74) is 3.30. The van der Waals surface area contributed by atoms with Crippen molar-refractivity contribution in [3.8, 4) is 0 Å². The number of amides is 1. The first-order chi connectivity index (χ1) is 12.5. The standard InChI is InChI=1S/C22H25NO3/c1-17-8-11-20(12-9-17)14-15-22(25)26-16-21(24)23-18(2)10-13-19-6-4-3-5-7-19/h3-9,11-12,14-15,18H,10,13,16H2,1-2H3,(H,23,24). The SMILES string of the molecule is Cc1ccc(C=CC(=O)OCC(=O)NC(C)CCc2ccccc2)cc1. The zero-order valence-corrected chi connectivity index (χ0v) is 15.3. The maximum absolute atomic E-state index is 11.9. The van der Waals surface area contributed by atoms with E-state index in [4.69, 9.17) is 4.74 Å². The molecule has 0 saturated carbocycles. The summed E-state index contributed by atoms with van der Waals surface area (Å²) in [6.07, 6.45) is 4.72. The highest BCUT2D eigenvalue weighted by Crippen LogP contribution is 2.06. The molecule has 26 heavy (non-hydrogen) atoms.